The molecule has 0 aromatic carbocycles. The molecule has 0 aliphatic carbocycles. The lowest BCUT2D eigenvalue weighted by Gasteiger charge is -2.27. The van der Waals surface area contributed by atoms with Gasteiger partial charge in [-0.25, -0.2) is 13.4 Å². The van der Waals surface area contributed by atoms with Gasteiger partial charge < -0.3 is 5.32 Å². The van der Waals surface area contributed by atoms with Crippen LogP contribution in [0.15, 0.2) is 23.2 Å². The Morgan fingerprint density at radius 3 is 2.30 bits per heavy atom. The topological polar surface area (TPSA) is 62.3 Å². The van der Waals surface area contributed by atoms with Gasteiger partial charge in [0.1, 0.15) is 10.7 Å². The summed E-state index contributed by atoms with van der Waals surface area (Å²) in [4.78, 5) is 4.38. The molecule has 1 heterocycles. The second-order valence-corrected chi connectivity index (χ2v) is 7.36. The number of nitrogens with one attached hydrogen (secondary N) is 1. The minimum absolute atomic E-state index is 0.0733. The molecule has 0 aliphatic heterocycles. The summed E-state index contributed by atoms with van der Waals surface area (Å²) in [5.74, 6) is 0.965. The van der Waals surface area contributed by atoms with E-state index in [1.54, 1.807) is 12.1 Å². The van der Waals surface area contributed by atoms with Gasteiger partial charge in [0.2, 0.25) is 10.0 Å². The first-order valence-electron chi connectivity index (χ1n) is 7.00. The average Bonchev–Trinajstić information content (AvgIpc) is 2.36. The van der Waals surface area contributed by atoms with Crippen molar-refractivity contribution < 1.29 is 8.42 Å². The van der Waals surface area contributed by atoms with Crippen LogP contribution in [0.1, 0.15) is 34.6 Å². The molecule has 0 unspecified atom stereocenters. The maximum absolute atomic E-state index is 12.6. The van der Waals surface area contributed by atoms with Crippen molar-refractivity contribution in [2.45, 2.75) is 45.6 Å². The van der Waals surface area contributed by atoms with Crippen LogP contribution < -0.4 is 5.32 Å². The summed E-state index contributed by atoms with van der Waals surface area (Å²) in [5.41, 5.74) is 0. The average molecular weight is 299 g/mol. The van der Waals surface area contributed by atoms with Gasteiger partial charge in [-0.15, -0.1) is 0 Å². The first-order valence-corrected chi connectivity index (χ1v) is 8.44. The number of hydrogen-bond acceptors (Lipinski definition) is 4. The third-order valence-corrected chi connectivity index (χ3v) is 4.85. The largest absolute Gasteiger partial charge is 0.370 e. The Labute approximate surface area is 122 Å². The number of anilines is 1. The highest BCUT2D eigenvalue weighted by Gasteiger charge is 2.27. The molecule has 1 aromatic rings. The zero-order chi connectivity index (χ0) is 15.3. The number of sulfonamides is 1. The van der Waals surface area contributed by atoms with Gasteiger partial charge in [-0.05, 0) is 38.8 Å². The normalized spacial score (nSPS) is 12.4. The van der Waals surface area contributed by atoms with Gasteiger partial charge in [-0.1, -0.05) is 13.8 Å². The van der Waals surface area contributed by atoms with Crippen LogP contribution in [0.2, 0.25) is 0 Å². The fraction of sp³-hybridized carbons (Fsp3) is 0.643. The van der Waals surface area contributed by atoms with Gasteiger partial charge in [-0.3, -0.25) is 0 Å². The molecule has 6 heteroatoms. The van der Waals surface area contributed by atoms with Crippen molar-refractivity contribution in [3.63, 3.8) is 0 Å². The molecule has 0 saturated heterocycles. The third kappa shape index (κ3) is 4.18. The predicted octanol–water partition coefficient (Wildman–Crippen LogP) is 2.57. The Balaban J connectivity index is 3.06. The fourth-order valence-corrected chi connectivity index (χ4v) is 3.65. The van der Waals surface area contributed by atoms with E-state index < -0.39 is 10.0 Å². The standard InChI is InChI=1S/C14H25N3O2S/c1-6-15-14-8-7-13(9-16-14)20(18,19)17(12(4)5)10-11(2)3/h7-9,11-12H,6,10H2,1-5H3,(H,15,16). The molecule has 114 valence electrons. The van der Waals surface area contributed by atoms with E-state index in [1.807, 2.05) is 34.6 Å². The van der Waals surface area contributed by atoms with Crippen LogP contribution in [-0.2, 0) is 10.0 Å². The van der Waals surface area contributed by atoms with Gasteiger partial charge >= 0.3 is 0 Å². The quantitative estimate of drug-likeness (QED) is 0.840. The molecule has 1 aromatic heterocycles. The Morgan fingerprint density at radius 2 is 1.90 bits per heavy atom. The van der Waals surface area contributed by atoms with Crippen molar-refractivity contribution in [1.82, 2.24) is 9.29 Å². The van der Waals surface area contributed by atoms with Crippen LogP contribution in [0.4, 0.5) is 5.82 Å². The van der Waals surface area contributed by atoms with Crippen molar-refractivity contribution in [2.75, 3.05) is 18.4 Å². The van der Waals surface area contributed by atoms with E-state index in [2.05, 4.69) is 10.3 Å². The van der Waals surface area contributed by atoms with Crippen LogP contribution in [0.25, 0.3) is 0 Å². The summed E-state index contributed by atoms with van der Waals surface area (Å²) < 4.78 is 26.8. The first-order chi connectivity index (χ1) is 9.28. The van der Waals surface area contributed by atoms with Crippen LogP contribution >= 0.6 is 0 Å². The minimum Gasteiger partial charge on any atom is -0.370 e. The Morgan fingerprint density at radius 1 is 1.25 bits per heavy atom. The number of rotatable bonds is 7. The fourth-order valence-electron chi connectivity index (χ4n) is 1.90. The van der Waals surface area contributed by atoms with Crippen molar-refractivity contribution in [1.29, 1.82) is 0 Å². The lowest BCUT2D eigenvalue weighted by Crippen LogP contribution is -2.39. The first kappa shape index (κ1) is 16.9. The monoisotopic (exact) mass is 299 g/mol. The minimum atomic E-state index is -3.48. The predicted molar refractivity (Wildman–Crippen MR) is 82.3 cm³/mol. The molecule has 0 spiro atoms. The number of aromatic nitrogens is 1. The van der Waals surface area contributed by atoms with Crippen molar-refractivity contribution in [2.24, 2.45) is 5.92 Å². The van der Waals surface area contributed by atoms with Crippen LogP contribution in [0.3, 0.4) is 0 Å². The van der Waals surface area contributed by atoms with Crippen molar-refractivity contribution in [3.8, 4) is 0 Å². The molecule has 0 aliphatic rings. The van der Waals surface area contributed by atoms with Gasteiger partial charge in [-0.2, -0.15) is 4.31 Å². The Hall–Kier alpha value is -1.14. The van der Waals surface area contributed by atoms with Crippen LogP contribution in [-0.4, -0.2) is 36.8 Å². The van der Waals surface area contributed by atoms with Crippen molar-refractivity contribution in [3.05, 3.63) is 18.3 Å². The van der Waals surface area contributed by atoms with E-state index >= 15 is 0 Å². The highest BCUT2D eigenvalue weighted by atomic mass is 32.2. The molecule has 0 fully saturated rings. The molecule has 0 bridgehead atoms. The number of hydrogen-bond donors (Lipinski definition) is 1. The highest BCUT2D eigenvalue weighted by molar-refractivity contribution is 7.89. The summed E-state index contributed by atoms with van der Waals surface area (Å²) in [6.07, 6.45) is 1.42. The number of nitrogens with zero attached hydrogens (tertiary/aromatic N) is 2. The zero-order valence-corrected chi connectivity index (χ0v) is 13.7. The van der Waals surface area contributed by atoms with E-state index in [4.69, 9.17) is 0 Å². The molecule has 5 nitrogen and oxygen atoms in total. The Bertz CT molecular complexity index is 510. The number of pyridine rings is 1. The Kier molecular flexibility index (Phi) is 5.95. The molecular weight excluding hydrogens is 274 g/mol. The zero-order valence-electron chi connectivity index (χ0n) is 12.9. The molecule has 20 heavy (non-hydrogen) atoms. The maximum Gasteiger partial charge on any atom is 0.244 e. The summed E-state index contributed by atoms with van der Waals surface area (Å²) in [7, 11) is -3.48. The third-order valence-electron chi connectivity index (χ3n) is 2.82. The SMILES string of the molecule is CCNc1ccc(S(=O)(=O)N(CC(C)C)C(C)C)cn1. The van der Waals surface area contributed by atoms with Gasteiger partial charge in [0.25, 0.3) is 0 Å². The second kappa shape index (κ2) is 7.04. The summed E-state index contributed by atoms with van der Waals surface area (Å²) in [6, 6.07) is 3.23. The molecule has 0 radical (unpaired) electrons. The molecule has 1 rings (SSSR count). The van der Waals surface area contributed by atoms with Crippen molar-refractivity contribution >= 4 is 15.8 Å². The van der Waals surface area contributed by atoms with E-state index in [-0.39, 0.29) is 16.9 Å². The molecule has 0 saturated carbocycles. The summed E-state index contributed by atoms with van der Waals surface area (Å²) in [5, 5.41) is 3.05. The molecule has 0 amide bonds. The van der Waals surface area contributed by atoms with E-state index in [1.165, 1.54) is 10.5 Å². The highest BCUT2D eigenvalue weighted by Crippen LogP contribution is 2.20. The molecule has 1 N–H and O–H groups in total. The summed E-state index contributed by atoms with van der Waals surface area (Å²) in [6.45, 7) is 11.0. The maximum atomic E-state index is 12.6. The summed E-state index contributed by atoms with van der Waals surface area (Å²) >= 11 is 0. The van der Waals surface area contributed by atoms with Gasteiger partial charge in [0, 0.05) is 25.3 Å². The van der Waals surface area contributed by atoms with E-state index in [0.717, 1.165) is 6.54 Å². The van der Waals surface area contributed by atoms with E-state index in [9.17, 15) is 8.42 Å². The van der Waals surface area contributed by atoms with Crippen LogP contribution in [0, 0.1) is 5.92 Å². The lowest BCUT2D eigenvalue weighted by molar-refractivity contribution is 0.319. The molecule has 0 atom stereocenters. The van der Waals surface area contributed by atoms with Gasteiger partial charge in [0.05, 0.1) is 0 Å². The molecular formula is C14H25N3O2S. The second-order valence-electron chi connectivity index (χ2n) is 5.47. The van der Waals surface area contributed by atoms with Gasteiger partial charge in [0.15, 0.2) is 0 Å². The van der Waals surface area contributed by atoms with E-state index in [0.29, 0.717) is 12.4 Å². The van der Waals surface area contributed by atoms with Crippen LogP contribution in [0.5, 0.6) is 0 Å². The smallest absolute Gasteiger partial charge is 0.244 e. The lowest BCUT2D eigenvalue weighted by atomic mass is 10.2.